The monoisotopic (exact) mass is 465 g/mol. The van der Waals surface area contributed by atoms with Crippen LogP contribution in [0.25, 0.3) is 0 Å². The van der Waals surface area contributed by atoms with E-state index in [1.165, 1.54) is 23.0 Å². The Morgan fingerprint density at radius 1 is 1.34 bits per heavy atom. The highest BCUT2D eigenvalue weighted by atomic mass is 35.5. The Labute approximate surface area is 189 Å². The van der Waals surface area contributed by atoms with Crippen LogP contribution in [-0.4, -0.2) is 59.8 Å². The number of rotatable bonds is 8. The molecular formula is C21H25ClFN5O4. The van der Waals surface area contributed by atoms with Gasteiger partial charge in [-0.15, -0.1) is 0 Å². The first kappa shape index (κ1) is 23.6. The summed E-state index contributed by atoms with van der Waals surface area (Å²) in [5, 5.41) is 17.1. The van der Waals surface area contributed by atoms with E-state index in [-0.39, 0.29) is 35.1 Å². The first-order valence-corrected chi connectivity index (χ1v) is 10.5. The molecule has 172 valence electrons. The molecular weight excluding hydrogens is 441 g/mol. The highest BCUT2D eigenvalue weighted by Crippen LogP contribution is 2.19. The molecule has 3 rings (SSSR count). The molecule has 1 aromatic carbocycles. The Morgan fingerprint density at radius 2 is 2.09 bits per heavy atom. The second-order valence-electron chi connectivity index (χ2n) is 7.51. The number of carbonyl (C=O) groups is 2. The highest BCUT2D eigenvalue weighted by molar-refractivity contribution is 6.30. The van der Waals surface area contributed by atoms with Crippen LogP contribution in [0.15, 0.2) is 29.2 Å². The molecule has 0 saturated heterocycles. The fraction of sp³-hybridized carbons (Fsp3) is 0.381. The minimum absolute atomic E-state index is 0.0852. The van der Waals surface area contributed by atoms with Crippen molar-refractivity contribution in [3.63, 3.8) is 0 Å². The van der Waals surface area contributed by atoms with Crippen LogP contribution in [0.4, 0.5) is 4.39 Å². The molecule has 1 aliphatic rings. The molecule has 2 heterocycles. The first-order valence-electron chi connectivity index (χ1n) is 10.2. The summed E-state index contributed by atoms with van der Waals surface area (Å²) < 4.78 is 15.4. The van der Waals surface area contributed by atoms with Gasteiger partial charge in [0.05, 0.1) is 5.02 Å². The van der Waals surface area contributed by atoms with Gasteiger partial charge in [-0.2, -0.15) is 0 Å². The van der Waals surface area contributed by atoms with E-state index in [0.29, 0.717) is 13.1 Å². The zero-order valence-corrected chi connectivity index (χ0v) is 18.6. The molecule has 9 nitrogen and oxygen atoms in total. The number of nitrogens with zero attached hydrogens (tertiary/aromatic N) is 3. The van der Waals surface area contributed by atoms with Gasteiger partial charge in [-0.1, -0.05) is 30.7 Å². The third-order valence-electron chi connectivity index (χ3n) is 5.17. The summed E-state index contributed by atoms with van der Waals surface area (Å²) in [6.07, 6.45) is 2.20. The Balaban J connectivity index is 1.87. The Hall–Kier alpha value is -3.11. The van der Waals surface area contributed by atoms with Crippen LogP contribution in [0, 0.1) is 5.82 Å². The molecule has 2 aromatic rings. The van der Waals surface area contributed by atoms with E-state index in [9.17, 15) is 23.9 Å². The van der Waals surface area contributed by atoms with Gasteiger partial charge in [-0.05, 0) is 26.1 Å². The Kier molecular flexibility index (Phi) is 7.37. The largest absolute Gasteiger partial charge is 0.502 e. The molecule has 1 aromatic heterocycles. The second kappa shape index (κ2) is 10.0. The van der Waals surface area contributed by atoms with E-state index >= 15 is 0 Å². The molecule has 11 heteroatoms. The maximum Gasteiger partial charge on any atom is 0.275 e. The van der Waals surface area contributed by atoms with Crippen LogP contribution < -0.4 is 21.1 Å². The summed E-state index contributed by atoms with van der Waals surface area (Å²) in [6.45, 7) is 4.01. The van der Waals surface area contributed by atoms with Crippen molar-refractivity contribution in [3.8, 4) is 5.75 Å². The number of hydrogen-bond donors (Lipinski definition) is 3. The Bertz CT molecular complexity index is 1090. The maximum atomic E-state index is 14.1. The standard InChI is InChI=1S/C21H25ClFN5O4/c1-3-7-26(2)8-9-27-12-25-21(32)17-19(30)18(29)14(11-28(17)27)20(31)24-10-13-5-4-6-15(22)16(13)23/h4-6,11,30H,3,7-10,12H2,1-2H3,(H,24,31)(H,25,32). The van der Waals surface area contributed by atoms with Crippen molar-refractivity contribution in [2.45, 2.75) is 19.9 Å². The zero-order valence-electron chi connectivity index (χ0n) is 17.8. The van der Waals surface area contributed by atoms with Gasteiger partial charge in [0, 0.05) is 31.4 Å². The molecule has 32 heavy (non-hydrogen) atoms. The number of likely N-dealkylation sites (N-methyl/N-ethyl adjacent to an activating group) is 1. The van der Waals surface area contributed by atoms with Gasteiger partial charge in [0.1, 0.15) is 18.0 Å². The van der Waals surface area contributed by atoms with Gasteiger partial charge in [0.25, 0.3) is 11.8 Å². The molecule has 0 aliphatic carbocycles. The van der Waals surface area contributed by atoms with Gasteiger partial charge in [-0.3, -0.25) is 24.1 Å². The lowest BCUT2D eigenvalue weighted by Gasteiger charge is -2.35. The molecule has 3 N–H and O–H groups in total. The van der Waals surface area contributed by atoms with Gasteiger partial charge >= 0.3 is 0 Å². The van der Waals surface area contributed by atoms with Crippen molar-refractivity contribution in [3.05, 3.63) is 62.3 Å². The van der Waals surface area contributed by atoms with Crippen LogP contribution >= 0.6 is 11.6 Å². The number of aromatic nitrogens is 1. The lowest BCUT2D eigenvalue weighted by atomic mass is 10.1. The lowest BCUT2D eigenvalue weighted by molar-refractivity contribution is 0.0908. The molecule has 0 atom stereocenters. The van der Waals surface area contributed by atoms with Crippen molar-refractivity contribution in [2.24, 2.45) is 0 Å². The molecule has 2 amide bonds. The topological polar surface area (TPSA) is 107 Å². The maximum absolute atomic E-state index is 14.1. The van der Waals surface area contributed by atoms with Crippen molar-refractivity contribution in [2.75, 3.05) is 38.4 Å². The van der Waals surface area contributed by atoms with E-state index < -0.39 is 28.8 Å². The van der Waals surface area contributed by atoms with Gasteiger partial charge in [-0.25, -0.2) is 4.39 Å². The third kappa shape index (κ3) is 4.86. The predicted octanol–water partition coefficient (Wildman–Crippen LogP) is 1.26. The average Bonchev–Trinajstić information content (AvgIpc) is 2.76. The van der Waals surface area contributed by atoms with Crippen molar-refractivity contribution >= 4 is 23.4 Å². The summed E-state index contributed by atoms with van der Waals surface area (Å²) in [5.41, 5.74) is -1.44. The number of nitrogens with one attached hydrogen (secondary N) is 2. The minimum Gasteiger partial charge on any atom is -0.502 e. The number of hydrogen-bond acceptors (Lipinski definition) is 6. The van der Waals surface area contributed by atoms with Crippen molar-refractivity contribution < 1.29 is 19.1 Å². The number of carbonyl (C=O) groups excluding carboxylic acids is 2. The number of amides is 2. The minimum atomic E-state index is -0.986. The normalized spacial score (nSPS) is 13.2. The molecule has 0 unspecified atom stereocenters. The molecule has 0 fully saturated rings. The van der Waals surface area contributed by atoms with Crippen molar-refractivity contribution in [1.29, 1.82) is 0 Å². The third-order valence-corrected chi connectivity index (χ3v) is 5.46. The predicted molar refractivity (Wildman–Crippen MR) is 118 cm³/mol. The smallest absolute Gasteiger partial charge is 0.275 e. The second-order valence-corrected chi connectivity index (χ2v) is 7.91. The highest BCUT2D eigenvalue weighted by Gasteiger charge is 2.29. The van der Waals surface area contributed by atoms with Gasteiger partial charge < -0.3 is 20.6 Å². The number of fused-ring (bicyclic) bond motifs is 1. The van der Waals surface area contributed by atoms with Gasteiger partial charge in [0.2, 0.25) is 5.43 Å². The summed E-state index contributed by atoms with van der Waals surface area (Å²) in [5.74, 6) is -2.92. The van der Waals surface area contributed by atoms with Crippen LogP contribution in [0.5, 0.6) is 5.75 Å². The van der Waals surface area contributed by atoms with Crippen LogP contribution in [0.2, 0.25) is 5.02 Å². The number of halogens is 2. The summed E-state index contributed by atoms with van der Waals surface area (Å²) in [6, 6.07) is 4.38. The van der Waals surface area contributed by atoms with Crippen LogP contribution in [0.3, 0.4) is 0 Å². The molecule has 0 saturated carbocycles. The molecule has 0 bridgehead atoms. The zero-order chi connectivity index (χ0) is 23.4. The summed E-state index contributed by atoms with van der Waals surface area (Å²) in [4.78, 5) is 39.7. The molecule has 1 aliphatic heterocycles. The molecule has 0 radical (unpaired) electrons. The number of pyridine rings is 1. The summed E-state index contributed by atoms with van der Waals surface area (Å²) in [7, 11) is 1.96. The number of benzene rings is 1. The van der Waals surface area contributed by atoms with E-state index in [1.54, 1.807) is 11.1 Å². The quantitative estimate of drug-likeness (QED) is 0.542. The fourth-order valence-corrected chi connectivity index (χ4v) is 3.62. The average molecular weight is 466 g/mol. The van der Waals surface area contributed by atoms with E-state index in [2.05, 4.69) is 22.5 Å². The van der Waals surface area contributed by atoms with E-state index in [0.717, 1.165) is 13.0 Å². The fourth-order valence-electron chi connectivity index (χ4n) is 3.43. The van der Waals surface area contributed by atoms with E-state index in [4.69, 9.17) is 11.6 Å². The van der Waals surface area contributed by atoms with Crippen molar-refractivity contribution in [1.82, 2.24) is 20.2 Å². The first-order chi connectivity index (χ1) is 15.2. The number of aromatic hydroxyl groups is 1. The van der Waals surface area contributed by atoms with Gasteiger partial charge in [0.15, 0.2) is 11.4 Å². The lowest BCUT2D eigenvalue weighted by Crippen LogP contribution is -2.54. The van der Waals surface area contributed by atoms with E-state index in [1.807, 2.05) is 7.05 Å². The molecule has 0 spiro atoms. The SMILES string of the molecule is CCCN(C)CCN1CNC(=O)c2c(O)c(=O)c(C(=O)NCc3cccc(Cl)c3F)cn21. The van der Waals surface area contributed by atoms with Crippen LogP contribution in [0.1, 0.15) is 39.8 Å². The van der Waals surface area contributed by atoms with Crippen LogP contribution in [-0.2, 0) is 6.54 Å². The Morgan fingerprint density at radius 3 is 2.81 bits per heavy atom. The summed E-state index contributed by atoms with van der Waals surface area (Å²) >= 11 is 5.75.